The van der Waals surface area contributed by atoms with Crippen molar-refractivity contribution in [1.29, 1.82) is 0 Å². The molecule has 8 heteroatoms. The molecule has 0 radical (unpaired) electrons. The third-order valence-electron chi connectivity index (χ3n) is 4.82. The van der Waals surface area contributed by atoms with E-state index in [1.165, 1.54) is 0 Å². The van der Waals surface area contributed by atoms with Gasteiger partial charge in [-0.15, -0.1) is 0 Å². The van der Waals surface area contributed by atoms with Gasteiger partial charge in [0.05, 0.1) is 6.42 Å². The Morgan fingerprint density at radius 2 is 1.32 bits per heavy atom. The predicted molar refractivity (Wildman–Crippen MR) is 134 cm³/mol. The summed E-state index contributed by atoms with van der Waals surface area (Å²) in [5, 5.41) is 5.35. The fourth-order valence-electron chi connectivity index (χ4n) is 3.07. The molecule has 0 bridgehead atoms. The molecule has 0 saturated heterocycles. The first-order chi connectivity index (χ1) is 16.3. The van der Waals surface area contributed by atoms with Crippen molar-refractivity contribution in [2.24, 2.45) is 0 Å². The summed E-state index contributed by atoms with van der Waals surface area (Å²) in [5.74, 6) is 0.0465. The van der Waals surface area contributed by atoms with Crippen molar-refractivity contribution in [3.05, 3.63) is 82.3 Å². The summed E-state index contributed by atoms with van der Waals surface area (Å²) < 4.78 is 11.8. The fourth-order valence-corrected chi connectivity index (χ4v) is 3.34. The molecule has 0 aliphatic rings. The topological polar surface area (TPSA) is 93.7 Å². The highest BCUT2D eigenvalue weighted by molar-refractivity contribution is 9.10. The molecule has 0 aliphatic carbocycles. The van der Waals surface area contributed by atoms with Crippen LogP contribution in [0.15, 0.2) is 71.2 Å². The molecule has 7 nitrogen and oxygen atoms in total. The SMILES string of the molecule is Cc1cccc(C)c1Oc1ccc(NC(=O)CCC(=O)OCC(=O)Nc2ccc(Br)cc2)cc1. The number of amides is 2. The van der Waals surface area contributed by atoms with Crippen molar-refractivity contribution >= 4 is 45.1 Å². The van der Waals surface area contributed by atoms with Crippen molar-refractivity contribution in [2.45, 2.75) is 26.7 Å². The third kappa shape index (κ3) is 7.74. The standard InChI is InChI=1S/C26H25BrN2O5/c1-17-4-3-5-18(2)26(17)34-22-12-10-21(11-13-22)28-23(30)14-15-25(32)33-16-24(31)29-20-8-6-19(27)7-9-20/h3-13H,14-16H2,1-2H3,(H,28,30)(H,29,31). The molecule has 0 heterocycles. The lowest BCUT2D eigenvalue weighted by Crippen LogP contribution is -2.21. The van der Waals surface area contributed by atoms with Crippen molar-refractivity contribution in [3.63, 3.8) is 0 Å². The number of hydrogen-bond donors (Lipinski definition) is 2. The van der Waals surface area contributed by atoms with Crippen LogP contribution in [-0.2, 0) is 19.1 Å². The number of aryl methyl sites for hydroxylation is 2. The Hall–Kier alpha value is -3.65. The molecule has 34 heavy (non-hydrogen) atoms. The predicted octanol–water partition coefficient (Wildman–Crippen LogP) is 5.76. The van der Waals surface area contributed by atoms with E-state index in [0.29, 0.717) is 17.1 Å². The average Bonchev–Trinajstić information content (AvgIpc) is 2.81. The molecule has 176 valence electrons. The molecule has 3 rings (SSSR count). The first kappa shape index (κ1) is 25.0. The Bertz CT molecular complexity index is 1140. The molecule has 2 amide bonds. The second-order valence-corrected chi connectivity index (χ2v) is 8.53. The van der Waals surface area contributed by atoms with Crippen LogP contribution < -0.4 is 15.4 Å². The van der Waals surface area contributed by atoms with Crippen molar-refractivity contribution in [1.82, 2.24) is 0 Å². The normalized spacial score (nSPS) is 10.3. The molecule has 2 N–H and O–H groups in total. The molecule has 3 aromatic rings. The van der Waals surface area contributed by atoms with Gasteiger partial charge in [-0.05, 0) is 73.5 Å². The van der Waals surface area contributed by atoms with E-state index in [2.05, 4.69) is 26.6 Å². The number of halogens is 1. The number of anilines is 2. The highest BCUT2D eigenvalue weighted by Gasteiger charge is 2.11. The maximum atomic E-state index is 12.2. The molecular formula is C26H25BrN2O5. The molecule has 0 spiro atoms. The number of hydrogen-bond acceptors (Lipinski definition) is 5. The maximum Gasteiger partial charge on any atom is 0.306 e. The monoisotopic (exact) mass is 524 g/mol. The second kappa shape index (κ2) is 12.0. The van der Waals surface area contributed by atoms with Gasteiger partial charge in [-0.25, -0.2) is 0 Å². The van der Waals surface area contributed by atoms with Gasteiger partial charge in [-0.3, -0.25) is 14.4 Å². The van der Waals surface area contributed by atoms with Gasteiger partial charge in [-0.1, -0.05) is 34.1 Å². The van der Waals surface area contributed by atoms with Crippen LogP contribution in [0.5, 0.6) is 11.5 Å². The number of nitrogens with one attached hydrogen (secondary N) is 2. The van der Waals surface area contributed by atoms with Gasteiger partial charge < -0.3 is 20.1 Å². The highest BCUT2D eigenvalue weighted by Crippen LogP contribution is 2.29. The average molecular weight is 525 g/mol. The summed E-state index contributed by atoms with van der Waals surface area (Å²) in [6, 6.07) is 19.9. The minimum atomic E-state index is -0.626. The van der Waals surface area contributed by atoms with Crippen LogP contribution in [0, 0.1) is 13.8 Å². The van der Waals surface area contributed by atoms with E-state index in [-0.39, 0.29) is 18.7 Å². The smallest absolute Gasteiger partial charge is 0.306 e. The van der Waals surface area contributed by atoms with Gasteiger partial charge in [0.25, 0.3) is 5.91 Å². The molecule has 0 saturated carbocycles. The summed E-state index contributed by atoms with van der Waals surface area (Å²) in [6.45, 7) is 3.55. The van der Waals surface area contributed by atoms with Gasteiger partial charge in [0.15, 0.2) is 6.61 Å². The molecular weight excluding hydrogens is 500 g/mol. The van der Waals surface area contributed by atoms with E-state index in [0.717, 1.165) is 21.3 Å². The van der Waals surface area contributed by atoms with Gasteiger partial charge in [0.2, 0.25) is 5.91 Å². The van der Waals surface area contributed by atoms with E-state index in [1.807, 2.05) is 32.0 Å². The van der Waals surface area contributed by atoms with Crippen LogP contribution in [0.2, 0.25) is 0 Å². The number of carbonyl (C=O) groups excluding carboxylic acids is 3. The molecule has 0 aromatic heterocycles. The van der Waals surface area contributed by atoms with Crippen LogP contribution in [-0.4, -0.2) is 24.4 Å². The zero-order valence-corrected chi connectivity index (χ0v) is 20.5. The Labute approximate surface area is 206 Å². The lowest BCUT2D eigenvalue weighted by Gasteiger charge is -2.12. The fraction of sp³-hybridized carbons (Fsp3) is 0.192. The highest BCUT2D eigenvalue weighted by atomic mass is 79.9. The zero-order chi connectivity index (χ0) is 24.5. The van der Waals surface area contributed by atoms with E-state index >= 15 is 0 Å². The van der Waals surface area contributed by atoms with E-state index in [4.69, 9.17) is 9.47 Å². The van der Waals surface area contributed by atoms with Crippen LogP contribution in [0.1, 0.15) is 24.0 Å². The largest absolute Gasteiger partial charge is 0.457 e. The van der Waals surface area contributed by atoms with Crippen molar-refractivity contribution in [2.75, 3.05) is 17.2 Å². The summed E-state index contributed by atoms with van der Waals surface area (Å²) in [6.07, 6.45) is -0.195. The number of ether oxygens (including phenoxy) is 2. The summed E-state index contributed by atoms with van der Waals surface area (Å²) in [7, 11) is 0. The molecule has 0 unspecified atom stereocenters. The van der Waals surface area contributed by atoms with Crippen LogP contribution in [0.4, 0.5) is 11.4 Å². The number of benzene rings is 3. The zero-order valence-electron chi connectivity index (χ0n) is 18.9. The van der Waals surface area contributed by atoms with Gasteiger partial charge in [-0.2, -0.15) is 0 Å². The first-order valence-corrected chi connectivity index (χ1v) is 11.4. The first-order valence-electron chi connectivity index (χ1n) is 10.6. The van der Waals surface area contributed by atoms with Gasteiger partial charge in [0, 0.05) is 22.3 Å². The van der Waals surface area contributed by atoms with E-state index < -0.39 is 18.5 Å². The summed E-state index contributed by atoms with van der Waals surface area (Å²) in [5.41, 5.74) is 3.25. The Morgan fingerprint density at radius 1 is 0.765 bits per heavy atom. The number of esters is 1. The summed E-state index contributed by atoms with van der Waals surface area (Å²) >= 11 is 3.31. The Balaban J connectivity index is 1.39. The van der Waals surface area contributed by atoms with Gasteiger partial charge >= 0.3 is 5.97 Å². The van der Waals surface area contributed by atoms with Crippen molar-refractivity contribution in [3.8, 4) is 11.5 Å². The molecule has 0 fully saturated rings. The quantitative estimate of drug-likeness (QED) is 0.347. The number of para-hydroxylation sites is 1. The van der Waals surface area contributed by atoms with Crippen LogP contribution in [0.25, 0.3) is 0 Å². The Kier molecular flexibility index (Phi) is 8.81. The minimum absolute atomic E-state index is 0.0617. The summed E-state index contributed by atoms with van der Waals surface area (Å²) in [4.78, 5) is 35.9. The van der Waals surface area contributed by atoms with Crippen LogP contribution in [0.3, 0.4) is 0 Å². The Morgan fingerprint density at radius 3 is 1.94 bits per heavy atom. The molecule has 0 atom stereocenters. The lowest BCUT2D eigenvalue weighted by atomic mass is 10.1. The number of rotatable bonds is 9. The second-order valence-electron chi connectivity index (χ2n) is 7.61. The maximum absolute atomic E-state index is 12.2. The van der Waals surface area contributed by atoms with Crippen LogP contribution >= 0.6 is 15.9 Å². The minimum Gasteiger partial charge on any atom is -0.457 e. The van der Waals surface area contributed by atoms with Crippen molar-refractivity contribution < 1.29 is 23.9 Å². The third-order valence-corrected chi connectivity index (χ3v) is 5.34. The molecule has 0 aliphatic heterocycles. The van der Waals surface area contributed by atoms with E-state index in [1.54, 1.807) is 48.5 Å². The van der Waals surface area contributed by atoms with Gasteiger partial charge in [0.1, 0.15) is 11.5 Å². The lowest BCUT2D eigenvalue weighted by molar-refractivity contribution is -0.147. The van der Waals surface area contributed by atoms with E-state index in [9.17, 15) is 14.4 Å². The molecule has 3 aromatic carbocycles. The number of carbonyl (C=O) groups is 3.